The van der Waals surface area contributed by atoms with Gasteiger partial charge in [-0.15, -0.1) is 0 Å². The SMILES string of the molecule is CC(C)(C)C1=CCOC1=O. The van der Waals surface area contributed by atoms with Gasteiger partial charge < -0.3 is 4.74 Å². The predicted molar refractivity (Wildman–Crippen MR) is 38.5 cm³/mol. The predicted octanol–water partition coefficient (Wildman–Crippen LogP) is 1.52. The van der Waals surface area contributed by atoms with Gasteiger partial charge in [-0.3, -0.25) is 0 Å². The summed E-state index contributed by atoms with van der Waals surface area (Å²) in [4.78, 5) is 10.9. The Morgan fingerprint density at radius 1 is 1.50 bits per heavy atom. The lowest BCUT2D eigenvalue weighted by Crippen LogP contribution is -2.15. The van der Waals surface area contributed by atoms with Crippen LogP contribution in [0.5, 0.6) is 0 Å². The average Bonchev–Trinajstić information content (AvgIpc) is 2.11. The molecule has 0 saturated heterocycles. The second-order valence-corrected chi connectivity index (χ2v) is 3.47. The molecule has 0 amide bonds. The topological polar surface area (TPSA) is 26.3 Å². The van der Waals surface area contributed by atoms with Crippen LogP contribution < -0.4 is 0 Å². The van der Waals surface area contributed by atoms with Gasteiger partial charge in [-0.25, -0.2) is 4.79 Å². The number of ether oxygens (including phenoxy) is 1. The van der Waals surface area contributed by atoms with Gasteiger partial charge >= 0.3 is 5.97 Å². The molecule has 0 aromatic heterocycles. The van der Waals surface area contributed by atoms with Crippen molar-refractivity contribution in [2.75, 3.05) is 6.61 Å². The Hall–Kier alpha value is -0.790. The maximum atomic E-state index is 10.9. The Morgan fingerprint density at radius 2 is 2.10 bits per heavy atom. The zero-order valence-electron chi connectivity index (χ0n) is 6.60. The van der Waals surface area contributed by atoms with Crippen LogP contribution in [0.25, 0.3) is 0 Å². The van der Waals surface area contributed by atoms with E-state index < -0.39 is 0 Å². The Bertz CT molecular complexity index is 184. The highest BCUT2D eigenvalue weighted by Gasteiger charge is 2.27. The molecule has 1 rings (SSSR count). The molecule has 1 aliphatic heterocycles. The van der Waals surface area contributed by atoms with Gasteiger partial charge in [0.25, 0.3) is 0 Å². The van der Waals surface area contributed by atoms with Crippen LogP contribution in [0.2, 0.25) is 0 Å². The second kappa shape index (κ2) is 2.11. The Balaban J connectivity index is 2.82. The molecule has 56 valence electrons. The fourth-order valence-corrected chi connectivity index (χ4v) is 0.974. The minimum Gasteiger partial charge on any atom is -0.458 e. The lowest BCUT2D eigenvalue weighted by molar-refractivity contribution is -0.136. The molecular weight excluding hydrogens is 128 g/mol. The highest BCUT2D eigenvalue weighted by Crippen LogP contribution is 2.28. The summed E-state index contributed by atoms with van der Waals surface area (Å²) < 4.78 is 4.76. The minimum absolute atomic E-state index is 0.0619. The first kappa shape index (κ1) is 7.32. The van der Waals surface area contributed by atoms with E-state index in [9.17, 15) is 4.79 Å². The fourth-order valence-electron chi connectivity index (χ4n) is 0.974. The molecule has 0 bridgehead atoms. The number of cyclic esters (lactones) is 1. The molecule has 0 radical (unpaired) electrons. The Labute approximate surface area is 60.9 Å². The molecule has 0 saturated carbocycles. The van der Waals surface area contributed by atoms with Gasteiger partial charge in [0, 0.05) is 5.57 Å². The van der Waals surface area contributed by atoms with Gasteiger partial charge in [-0.1, -0.05) is 20.8 Å². The summed E-state index contributed by atoms with van der Waals surface area (Å²) in [5, 5.41) is 0. The van der Waals surface area contributed by atoms with Gasteiger partial charge in [-0.05, 0) is 11.5 Å². The van der Waals surface area contributed by atoms with Gasteiger partial charge in [0.15, 0.2) is 0 Å². The zero-order chi connectivity index (χ0) is 7.78. The molecule has 0 aromatic rings. The molecule has 0 aromatic carbocycles. The smallest absolute Gasteiger partial charge is 0.334 e. The molecule has 1 aliphatic rings. The number of hydrogen-bond donors (Lipinski definition) is 0. The molecule has 0 N–H and O–H groups in total. The maximum absolute atomic E-state index is 10.9. The second-order valence-electron chi connectivity index (χ2n) is 3.47. The first-order valence-corrected chi connectivity index (χ1v) is 3.39. The van der Waals surface area contributed by atoms with Crippen LogP contribution >= 0.6 is 0 Å². The van der Waals surface area contributed by atoms with E-state index in [1.807, 2.05) is 26.8 Å². The molecule has 2 nitrogen and oxygen atoms in total. The first-order chi connectivity index (χ1) is 4.52. The van der Waals surface area contributed by atoms with E-state index in [0.717, 1.165) is 5.57 Å². The van der Waals surface area contributed by atoms with Crippen molar-refractivity contribution >= 4 is 5.97 Å². The van der Waals surface area contributed by atoms with Crippen LogP contribution in [-0.2, 0) is 9.53 Å². The first-order valence-electron chi connectivity index (χ1n) is 3.39. The Kier molecular flexibility index (Phi) is 1.55. The van der Waals surface area contributed by atoms with Crippen LogP contribution in [0.3, 0.4) is 0 Å². The van der Waals surface area contributed by atoms with Crippen molar-refractivity contribution in [1.82, 2.24) is 0 Å². The van der Waals surface area contributed by atoms with Crippen molar-refractivity contribution in [2.45, 2.75) is 20.8 Å². The zero-order valence-corrected chi connectivity index (χ0v) is 6.60. The molecule has 1 heterocycles. The van der Waals surface area contributed by atoms with Crippen molar-refractivity contribution in [3.8, 4) is 0 Å². The Morgan fingerprint density at radius 3 is 2.30 bits per heavy atom. The summed E-state index contributed by atoms with van der Waals surface area (Å²) >= 11 is 0. The summed E-state index contributed by atoms with van der Waals surface area (Å²) in [6, 6.07) is 0. The highest BCUT2D eigenvalue weighted by atomic mass is 16.5. The van der Waals surface area contributed by atoms with Crippen LogP contribution in [-0.4, -0.2) is 12.6 Å². The van der Waals surface area contributed by atoms with Crippen LogP contribution in [0.4, 0.5) is 0 Å². The number of rotatable bonds is 0. The lowest BCUT2D eigenvalue weighted by atomic mass is 9.87. The van der Waals surface area contributed by atoms with Gasteiger partial charge in [0.05, 0.1) is 0 Å². The number of esters is 1. The summed E-state index contributed by atoms with van der Waals surface area (Å²) in [6.07, 6.45) is 1.85. The highest BCUT2D eigenvalue weighted by molar-refractivity contribution is 5.91. The van der Waals surface area contributed by atoms with E-state index in [0.29, 0.717) is 6.61 Å². The van der Waals surface area contributed by atoms with E-state index in [1.165, 1.54) is 0 Å². The summed E-state index contributed by atoms with van der Waals surface area (Å²) in [6.45, 7) is 6.47. The number of hydrogen-bond acceptors (Lipinski definition) is 2. The lowest BCUT2D eigenvalue weighted by Gasteiger charge is -2.16. The quantitative estimate of drug-likeness (QED) is 0.477. The molecular formula is C8H12O2. The van der Waals surface area contributed by atoms with Gasteiger partial charge in [-0.2, -0.15) is 0 Å². The van der Waals surface area contributed by atoms with E-state index in [2.05, 4.69) is 0 Å². The largest absolute Gasteiger partial charge is 0.458 e. The third-order valence-electron chi connectivity index (χ3n) is 1.53. The van der Waals surface area contributed by atoms with E-state index in [-0.39, 0.29) is 11.4 Å². The van der Waals surface area contributed by atoms with Crippen molar-refractivity contribution in [3.05, 3.63) is 11.6 Å². The summed E-state index contributed by atoms with van der Waals surface area (Å²) in [5.41, 5.74) is 0.737. The number of carbonyl (C=O) groups excluding carboxylic acids is 1. The number of carbonyl (C=O) groups is 1. The van der Waals surface area contributed by atoms with Crippen LogP contribution in [0.15, 0.2) is 11.6 Å². The van der Waals surface area contributed by atoms with E-state index >= 15 is 0 Å². The monoisotopic (exact) mass is 140 g/mol. The van der Waals surface area contributed by atoms with Gasteiger partial charge in [0.2, 0.25) is 0 Å². The molecule has 2 heteroatoms. The molecule has 0 atom stereocenters. The normalized spacial score (nSPS) is 18.7. The molecule has 0 fully saturated rings. The minimum atomic E-state index is -0.160. The summed E-state index contributed by atoms with van der Waals surface area (Å²) in [7, 11) is 0. The van der Waals surface area contributed by atoms with Crippen molar-refractivity contribution < 1.29 is 9.53 Å². The fraction of sp³-hybridized carbons (Fsp3) is 0.625. The van der Waals surface area contributed by atoms with E-state index in [4.69, 9.17) is 4.74 Å². The van der Waals surface area contributed by atoms with Crippen molar-refractivity contribution in [1.29, 1.82) is 0 Å². The van der Waals surface area contributed by atoms with Crippen molar-refractivity contribution in [2.24, 2.45) is 5.41 Å². The van der Waals surface area contributed by atoms with E-state index in [1.54, 1.807) is 0 Å². The standard InChI is InChI=1S/C8H12O2/c1-8(2,3)6-4-5-10-7(6)9/h4H,5H2,1-3H3. The van der Waals surface area contributed by atoms with Crippen LogP contribution in [0.1, 0.15) is 20.8 Å². The molecule has 10 heavy (non-hydrogen) atoms. The maximum Gasteiger partial charge on any atom is 0.334 e. The summed E-state index contributed by atoms with van der Waals surface area (Å²) in [5.74, 6) is -0.160. The average molecular weight is 140 g/mol. The van der Waals surface area contributed by atoms with Gasteiger partial charge in [0.1, 0.15) is 6.61 Å². The van der Waals surface area contributed by atoms with Crippen LogP contribution in [0, 0.1) is 5.41 Å². The third kappa shape index (κ3) is 1.20. The molecule has 0 spiro atoms. The molecule has 0 unspecified atom stereocenters. The van der Waals surface area contributed by atoms with Crippen molar-refractivity contribution in [3.63, 3.8) is 0 Å². The third-order valence-corrected chi connectivity index (χ3v) is 1.53. The molecule has 0 aliphatic carbocycles.